The zero-order valence-electron chi connectivity index (χ0n) is 10.6. The van der Waals surface area contributed by atoms with E-state index in [4.69, 9.17) is 5.73 Å². The van der Waals surface area contributed by atoms with Crippen molar-refractivity contribution >= 4 is 27.5 Å². The number of ketones is 1. The van der Waals surface area contributed by atoms with E-state index in [1.807, 2.05) is 0 Å². The molecule has 0 aliphatic rings. The molecule has 110 valence electrons. The highest BCUT2D eigenvalue weighted by atomic mass is 79.9. The Morgan fingerprint density at radius 3 is 2.57 bits per heavy atom. The number of carbonyl (C=O) groups is 1. The van der Waals surface area contributed by atoms with Crippen molar-refractivity contribution in [2.75, 3.05) is 5.73 Å². The molecule has 0 radical (unpaired) electrons. The Bertz CT molecular complexity index is 686. The van der Waals surface area contributed by atoms with Gasteiger partial charge in [0, 0.05) is 22.7 Å². The number of Topliss-reactive ketones (excluding diaryl/α,β-unsaturated/α-hetero) is 1. The average molecular weight is 359 g/mol. The fraction of sp³-hybridized carbons (Fsp3) is 0.143. The predicted octanol–water partition coefficient (Wildman–Crippen LogP) is 3.87. The first-order valence-corrected chi connectivity index (χ1v) is 6.67. The number of hydrogen-bond acceptors (Lipinski definition) is 3. The molecule has 2 aromatic rings. The van der Waals surface area contributed by atoms with Crippen LogP contribution in [0.5, 0.6) is 0 Å². The molecule has 0 atom stereocenters. The van der Waals surface area contributed by atoms with Crippen LogP contribution in [0.15, 0.2) is 41.0 Å². The second-order valence-electron chi connectivity index (χ2n) is 4.38. The normalized spacial score (nSPS) is 11.4. The Hall–Kier alpha value is -1.89. The average Bonchev–Trinajstić information content (AvgIpc) is 2.37. The fourth-order valence-corrected chi connectivity index (χ4v) is 2.24. The van der Waals surface area contributed by atoms with Crippen LogP contribution in [0.2, 0.25) is 0 Å². The van der Waals surface area contributed by atoms with Gasteiger partial charge in [0.15, 0.2) is 5.78 Å². The molecule has 21 heavy (non-hydrogen) atoms. The summed E-state index contributed by atoms with van der Waals surface area (Å²) in [6, 6.07) is 6.47. The lowest BCUT2D eigenvalue weighted by molar-refractivity contribution is -0.138. The Kier molecular flexibility index (Phi) is 4.32. The second kappa shape index (κ2) is 5.85. The van der Waals surface area contributed by atoms with Crippen molar-refractivity contribution in [1.82, 2.24) is 4.98 Å². The molecule has 2 rings (SSSR count). The van der Waals surface area contributed by atoms with Gasteiger partial charge in [0.1, 0.15) is 5.82 Å². The molecule has 2 N–H and O–H groups in total. The topological polar surface area (TPSA) is 56.0 Å². The highest BCUT2D eigenvalue weighted by Gasteiger charge is 2.35. The molecule has 1 aromatic heterocycles. The van der Waals surface area contributed by atoms with Crippen molar-refractivity contribution in [3.8, 4) is 0 Å². The maximum atomic E-state index is 13.0. The molecule has 0 aliphatic carbocycles. The lowest BCUT2D eigenvalue weighted by atomic mass is 9.98. The lowest BCUT2D eigenvalue weighted by Crippen LogP contribution is -2.14. The first-order chi connectivity index (χ1) is 9.77. The minimum atomic E-state index is -4.59. The van der Waals surface area contributed by atoms with Crippen LogP contribution < -0.4 is 5.73 Å². The van der Waals surface area contributed by atoms with Gasteiger partial charge in [-0.25, -0.2) is 4.98 Å². The Morgan fingerprint density at radius 2 is 1.95 bits per heavy atom. The fourth-order valence-electron chi connectivity index (χ4n) is 1.88. The largest absolute Gasteiger partial charge is 0.417 e. The van der Waals surface area contributed by atoms with Crippen LogP contribution in [-0.2, 0) is 12.6 Å². The maximum absolute atomic E-state index is 13.0. The summed E-state index contributed by atoms with van der Waals surface area (Å²) in [4.78, 5) is 15.9. The molecule has 0 spiro atoms. The molecule has 1 heterocycles. The summed E-state index contributed by atoms with van der Waals surface area (Å²) in [5.41, 5.74) is 4.69. The number of alkyl halides is 3. The summed E-state index contributed by atoms with van der Waals surface area (Å²) in [6.45, 7) is 0. The molecule has 1 aromatic carbocycles. The van der Waals surface area contributed by atoms with Gasteiger partial charge < -0.3 is 5.73 Å². The first kappa shape index (κ1) is 15.5. The third kappa shape index (κ3) is 3.81. The van der Waals surface area contributed by atoms with Crippen molar-refractivity contribution in [1.29, 1.82) is 0 Å². The van der Waals surface area contributed by atoms with E-state index in [0.29, 0.717) is 5.56 Å². The summed E-state index contributed by atoms with van der Waals surface area (Å²) in [5.74, 6) is -0.410. The molecule has 0 saturated carbocycles. The molecule has 3 nitrogen and oxygen atoms in total. The van der Waals surface area contributed by atoms with Crippen LogP contribution >= 0.6 is 15.9 Å². The predicted molar refractivity (Wildman–Crippen MR) is 75.8 cm³/mol. The molecule has 0 unspecified atom stereocenters. The molecule has 0 saturated heterocycles. The van der Waals surface area contributed by atoms with Crippen LogP contribution in [0, 0.1) is 0 Å². The third-order valence-corrected chi connectivity index (χ3v) is 3.29. The number of halogens is 4. The van der Waals surface area contributed by atoms with E-state index in [0.717, 1.165) is 6.07 Å². The van der Waals surface area contributed by atoms with Crippen molar-refractivity contribution in [3.63, 3.8) is 0 Å². The highest BCUT2D eigenvalue weighted by molar-refractivity contribution is 9.10. The summed E-state index contributed by atoms with van der Waals surface area (Å²) < 4.78 is 39.2. The molecule has 0 amide bonds. The number of aromatic nitrogens is 1. The van der Waals surface area contributed by atoms with E-state index in [9.17, 15) is 18.0 Å². The monoisotopic (exact) mass is 358 g/mol. The van der Waals surface area contributed by atoms with E-state index < -0.39 is 17.5 Å². The molecule has 0 bridgehead atoms. The number of nitrogens with two attached hydrogens (primary N) is 1. The Morgan fingerprint density at radius 1 is 1.24 bits per heavy atom. The molecular weight excluding hydrogens is 349 g/mol. The number of carbonyl (C=O) groups excluding carboxylic acids is 1. The summed E-state index contributed by atoms with van der Waals surface area (Å²) in [7, 11) is 0. The van der Waals surface area contributed by atoms with Gasteiger partial charge in [0.25, 0.3) is 0 Å². The molecule has 0 fully saturated rings. The Balaban J connectivity index is 2.35. The van der Waals surface area contributed by atoms with Gasteiger partial charge in [-0.3, -0.25) is 4.79 Å². The van der Waals surface area contributed by atoms with E-state index in [1.54, 1.807) is 6.07 Å². The van der Waals surface area contributed by atoms with E-state index in [2.05, 4.69) is 20.9 Å². The zero-order chi connectivity index (χ0) is 15.6. The number of benzene rings is 1. The van der Waals surface area contributed by atoms with Crippen LogP contribution in [0.25, 0.3) is 0 Å². The quantitative estimate of drug-likeness (QED) is 0.847. The number of hydrogen-bond donors (Lipinski definition) is 1. The standard InChI is InChI=1S/C14H10BrF3N2O/c15-9-1-2-10(11(7-9)14(16,17)18)12(21)5-8-3-4-20-13(19)6-8/h1-4,6-7H,5H2,(H2,19,20). The van der Waals surface area contributed by atoms with Gasteiger partial charge in [-0.2, -0.15) is 13.2 Å². The second-order valence-corrected chi connectivity index (χ2v) is 5.29. The van der Waals surface area contributed by atoms with Crippen LogP contribution in [-0.4, -0.2) is 10.8 Å². The zero-order valence-corrected chi connectivity index (χ0v) is 12.2. The van der Waals surface area contributed by atoms with E-state index >= 15 is 0 Å². The summed E-state index contributed by atoms with van der Waals surface area (Å²) >= 11 is 2.98. The van der Waals surface area contributed by atoms with Gasteiger partial charge in [0.2, 0.25) is 0 Å². The van der Waals surface area contributed by atoms with Crippen molar-refractivity contribution < 1.29 is 18.0 Å². The highest BCUT2D eigenvalue weighted by Crippen LogP contribution is 2.34. The van der Waals surface area contributed by atoms with E-state index in [-0.39, 0.29) is 22.3 Å². The number of pyridine rings is 1. The molecule has 7 heteroatoms. The van der Waals surface area contributed by atoms with Crippen molar-refractivity contribution in [2.45, 2.75) is 12.6 Å². The van der Waals surface area contributed by atoms with Crippen molar-refractivity contribution in [3.05, 3.63) is 57.7 Å². The summed E-state index contributed by atoms with van der Waals surface area (Å²) in [6.07, 6.45) is -3.35. The number of nitrogens with zero attached hydrogens (tertiary/aromatic N) is 1. The van der Waals surface area contributed by atoms with Gasteiger partial charge in [-0.1, -0.05) is 15.9 Å². The van der Waals surface area contributed by atoms with Gasteiger partial charge in [-0.15, -0.1) is 0 Å². The van der Waals surface area contributed by atoms with Crippen LogP contribution in [0.1, 0.15) is 21.5 Å². The van der Waals surface area contributed by atoms with E-state index in [1.165, 1.54) is 24.4 Å². The lowest BCUT2D eigenvalue weighted by Gasteiger charge is -2.12. The first-order valence-electron chi connectivity index (χ1n) is 5.88. The SMILES string of the molecule is Nc1cc(CC(=O)c2ccc(Br)cc2C(F)(F)F)ccn1. The Labute approximate surface area is 127 Å². The third-order valence-electron chi connectivity index (χ3n) is 2.80. The smallest absolute Gasteiger partial charge is 0.384 e. The number of nitrogen functional groups attached to an aromatic ring is 1. The number of anilines is 1. The summed E-state index contributed by atoms with van der Waals surface area (Å²) in [5, 5.41) is 0. The molecule has 0 aliphatic heterocycles. The molecular formula is C14H10BrF3N2O. The number of rotatable bonds is 3. The maximum Gasteiger partial charge on any atom is 0.417 e. The van der Waals surface area contributed by atoms with Gasteiger partial charge >= 0.3 is 6.18 Å². The van der Waals surface area contributed by atoms with Crippen LogP contribution in [0.3, 0.4) is 0 Å². The van der Waals surface area contributed by atoms with Crippen LogP contribution in [0.4, 0.5) is 19.0 Å². The van der Waals surface area contributed by atoms with Gasteiger partial charge in [0.05, 0.1) is 5.56 Å². The van der Waals surface area contributed by atoms with Crippen molar-refractivity contribution in [2.24, 2.45) is 0 Å². The minimum absolute atomic E-state index is 0.169. The van der Waals surface area contributed by atoms with Gasteiger partial charge in [-0.05, 0) is 35.9 Å². The minimum Gasteiger partial charge on any atom is -0.384 e.